The lowest BCUT2D eigenvalue weighted by Crippen LogP contribution is -2.44. The number of hydrogen-bond donors (Lipinski definition) is 2. The Balaban J connectivity index is 2.22. The molecule has 10 heavy (non-hydrogen) atoms. The summed E-state index contributed by atoms with van der Waals surface area (Å²) in [7, 11) is 0. The molecule has 56 valence electrons. The van der Waals surface area contributed by atoms with Crippen molar-refractivity contribution in [1.82, 2.24) is 0 Å². The lowest BCUT2D eigenvalue weighted by atomic mass is 9.89. The van der Waals surface area contributed by atoms with Gasteiger partial charge in [0.25, 0.3) is 0 Å². The molecule has 2 aliphatic heterocycles. The third-order valence-corrected chi connectivity index (χ3v) is 2.26. The zero-order chi connectivity index (χ0) is 7.19. The topological polar surface area (TPSA) is 55.5 Å². The smallest absolute Gasteiger partial charge is 0.109 e. The quantitative estimate of drug-likeness (QED) is 0.479. The summed E-state index contributed by atoms with van der Waals surface area (Å²) >= 11 is 0. The maximum absolute atomic E-state index is 9.69. The molecule has 0 radical (unpaired) electrons. The van der Waals surface area contributed by atoms with Crippen LogP contribution >= 0.6 is 0 Å². The van der Waals surface area contributed by atoms with Gasteiger partial charge in [0, 0.05) is 13.0 Å². The zero-order valence-electron chi connectivity index (χ0n) is 5.66. The summed E-state index contributed by atoms with van der Waals surface area (Å²) in [6, 6.07) is 0. The van der Waals surface area contributed by atoms with Crippen LogP contribution in [-0.2, 0) is 4.74 Å². The van der Waals surface area contributed by atoms with Crippen molar-refractivity contribution in [2.75, 3.05) is 6.54 Å². The number of ether oxygens (including phenoxy) is 1. The predicted molar refractivity (Wildman–Crippen MR) is 36.4 cm³/mol. The Hall–Kier alpha value is -0.380. The predicted octanol–water partition coefficient (Wildman–Crippen LogP) is -0.597. The first-order chi connectivity index (χ1) is 4.74. The second-order valence-electron chi connectivity index (χ2n) is 2.99. The number of fused-ring (bicyclic) bond motifs is 2. The minimum atomic E-state index is -0.778. The van der Waals surface area contributed by atoms with Gasteiger partial charge in [-0.1, -0.05) is 12.2 Å². The van der Waals surface area contributed by atoms with E-state index in [4.69, 9.17) is 10.5 Å². The Kier molecular flexibility index (Phi) is 1.15. The summed E-state index contributed by atoms with van der Waals surface area (Å²) in [6.07, 6.45) is 4.49. The molecule has 2 bridgehead atoms. The van der Waals surface area contributed by atoms with Crippen molar-refractivity contribution in [3.05, 3.63) is 12.2 Å². The van der Waals surface area contributed by atoms with Gasteiger partial charge in [-0.05, 0) is 0 Å². The van der Waals surface area contributed by atoms with Crippen LogP contribution in [-0.4, -0.2) is 29.5 Å². The van der Waals surface area contributed by atoms with Crippen LogP contribution in [0.5, 0.6) is 0 Å². The summed E-state index contributed by atoms with van der Waals surface area (Å²) in [6.45, 7) is 0.290. The molecule has 0 aromatic heterocycles. The van der Waals surface area contributed by atoms with Gasteiger partial charge in [0.1, 0.15) is 11.7 Å². The molecule has 0 aliphatic carbocycles. The molecule has 0 amide bonds. The van der Waals surface area contributed by atoms with Crippen molar-refractivity contribution in [2.45, 2.75) is 24.2 Å². The molecular weight excluding hydrogens is 130 g/mol. The first-order valence-corrected chi connectivity index (χ1v) is 3.51. The summed E-state index contributed by atoms with van der Waals surface area (Å²) in [5.41, 5.74) is 4.61. The molecule has 3 atom stereocenters. The van der Waals surface area contributed by atoms with Crippen molar-refractivity contribution in [3.8, 4) is 0 Å². The molecule has 3 unspecified atom stereocenters. The third kappa shape index (κ3) is 0.653. The molecule has 3 N–H and O–H groups in total. The molecule has 2 rings (SSSR count). The van der Waals surface area contributed by atoms with Crippen LogP contribution in [0.2, 0.25) is 0 Å². The van der Waals surface area contributed by atoms with Gasteiger partial charge in [0.05, 0.1) is 6.10 Å². The van der Waals surface area contributed by atoms with Gasteiger partial charge in [-0.15, -0.1) is 0 Å². The van der Waals surface area contributed by atoms with E-state index in [-0.39, 0.29) is 12.2 Å². The Morgan fingerprint density at radius 2 is 2.50 bits per heavy atom. The van der Waals surface area contributed by atoms with Crippen molar-refractivity contribution < 1.29 is 9.84 Å². The highest BCUT2D eigenvalue weighted by molar-refractivity contribution is 5.17. The Morgan fingerprint density at radius 3 is 2.80 bits per heavy atom. The van der Waals surface area contributed by atoms with Crippen LogP contribution in [0.1, 0.15) is 6.42 Å². The van der Waals surface area contributed by atoms with Crippen molar-refractivity contribution >= 4 is 0 Å². The SMILES string of the molecule is NCC1(O)CC2C=CC1O2. The molecule has 0 spiro atoms. The normalized spacial score (nSPS) is 50.6. The van der Waals surface area contributed by atoms with Crippen LogP contribution in [0, 0.1) is 0 Å². The molecular formula is C7H11NO2. The molecule has 3 nitrogen and oxygen atoms in total. The fraction of sp³-hybridized carbons (Fsp3) is 0.714. The molecule has 0 saturated carbocycles. The number of hydrogen-bond acceptors (Lipinski definition) is 3. The van der Waals surface area contributed by atoms with Crippen LogP contribution in [0.25, 0.3) is 0 Å². The van der Waals surface area contributed by atoms with Gasteiger partial charge in [0.2, 0.25) is 0 Å². The van der Waals surface area contributed by atoms with Gasteiger partial charge in [-0.25, -0.2) is 0 Å². The van der Waals surface area contributed by atoms with E-state index in [0.717, 1.165) is 0 Å². The first-order valence-electron chi connectivity index (χ1n) is 3.51. The highest BCUT2D eigenvalue weighted by atomic mass is 16.5. The van der Waals surface area contributed by atoms with Crippen LogP contribution < -0.4 is 5.73 Å². The average molecular weight is 141 g/mol. The maximum Gasteiger partial charge on any atom is 0.109 e. The Bertz CT molecular complexity index is 180. The second kappa shape index (κ2) is 1.81. The monoisotopic (exact) mass is 141 g/mol. The van der Waals surface area contributed by atoms with E-state index in [1.165, 1.54) is 0 Å². The van der Waals surface area contributed by atoms with E-state index in [1.54, 1.807) is 0 Å². The fourth-order valence-electron chi connectivity index (χ4n) is 1.59. The van der Waals surface area contributed by atoms with E-state index >= 15 is 0 Å². The standard InChI is InChI=1S/C7H11NO2/c8-4-7(9)3-5-1-2-6(7)10-5/h1-2,5-6,9H,3-4,8H2. The van der Waals surface area contributed by atoms with Crippen LogP contribution in [0.15, 0.2) is 12.2 Å². The summed E-state index contributed by atoms with van der Waals surface area (Å²) in [4.78, 5) is 0. The lowest BCUT2D eigenvalue weighted by molar-refractivity contribution is -0.00420. The average Bonchev–Trinajstić information content (AvgIpc) is 2.46. The molecule has 2 heterocycles. The fourth-order valence-corrected chi connectivity index (χ4v) is 1.59. The van der Waals surface area contributed by atoms with Crippen molar-refractivity contribution in [3.63, 3.8) is 0 Å². The number of nitrogens with two attached hydrogens (primary N) is 1. The zero-order valence-corrected chi connectivity index (χ0v) is 5.66. The molecule has 1 fully saturated rings. The molecule has 1 saturated heterocycles. The third-order valence-electron chi connectivity index (χ3n) is 2.26. The first kappa shape index (κ1) is 6.34. The molecule has 0 aromatic rings. The maximum atomic E-state index is 9.69. The van der Waals surface area contributed by atoms with Gasteiger partial charge in [-0.3, -0.25) is 0 Å². The highest BCUT2D eigenvalue weighted by Gasteiger charge is 2.47. The minimum Gasteiger partial charge on any atom is -0.385 e. The minimum absolute atomic E-state index is 0.110. The molecule has 2 aliphatic rings. The van der Waals surface area contributed by atoms with E-state index in [1.807, 2.05) is 12.2 Å². The van der Waals surface area contributed by atoms with E-state index in [2.05, 4.69) is 0 Å². The van der Waals surface area contributed by atoms with Crippen molar-refractivity contribution in [1.29, 1.82) is 0 Å². The number of rotatable bonds is 1. The van der Waals surface area contributed by atoms with Gasteiger partial charge >= 0.3 is 0 Å². The Labute approximate surface area is 59.5 Å². The molecule has 0 aromatic carbocycles. The second-order valence-corrected chi connectivity index (χ2v) is 2.99. The highest BCUT2D eigenvalue weighted by Crippen LogP contribution is 2.36. The molecule has 3 heteroatoms. The van der Waals surface area contributed by atoms with Crippen LogP contribution in [0.3, 0.4) is 0 Å². The van der Waals surface area contributed by atoms with E-state index < -0.39 is 5.60 Å². The summed E-state index contributed by atoms with van der Waals surface area (Å²) in [5, 5.41) is 9.69. The Morgan fingerprint density at radius 1 is 1.70 bits per heavy atom. The number of aliphatic hydroxyl groups is 1. The summed E-state index contributed by atoms with van der Waals surface area (Å²) < 4.78 is 5.34. The van der Waals surface area contributed by atoms with Gasteiger partial charge in [0.15, 0.2) is 0 Å². The van der Waals surface area contributed by atoms with E-state index in [9.17, 15) is 5.11 Å². The van der Waals surface area contributed by atoms with Crippen molar-refractivity contribution in [2.24, 2.45) is 5.73 Å². The van der Waals surface area contributed by atoms with Crippen LogP contribution in [0.4, 0.5) is 0 Å². The van der Waals surface area contributed by atoms with E-state index in [0.29, 0.717) is 13.0 Å². The van der Waals surface area contributed by atoms with Gasteiger partial charge in [-0.2, -0.15) is 0 Å². The van der Waals surface area contributed by atoms with Gasteiger partial charge < -0.3 is 15.6 Å². The summed E-state index contributed by atoms with van der Waals surface area (Å²) in [5.74, 6) is 0. The lowest BCUT2D eigenvalue weighted by Gasteiger charge is -2.24. The largest absolute Gasteiger partial charge is 0.385 e.